The molecule has 25 heavy (non-hydrogen) atoms. The molecule has 7 nitrogen and oxygen atoms in total. The van der Waals surface area contributed by atoms with Crippen LogP contribution in [0.2, 0.25) is 0 Å². The maximum absolute atomic E-state index is 11.4. The Hall–Kier alpha value is -3.06. The van der Waals surface area contributed by atoms with Gasteiger partial charge in [0.05, 0.1) is 5.71 Å². The molecule has 2 rings (SSSR count). The number of benzene rings is 2. The van der Waals surface area contributed by atoms with Gasteiger partial charge in [-0.05, 0) is 24.3 Å². The van der Waals surface area contributed by atoms with E-state index in [1.54, 1.807) is 0 Å². The zero-order valence-corrected chi connectivity index (χ0v) is 14.9. The molecule has 7 heteroatoms. The predicted molar refractivity (Wildman–Crippen MR) is 103 cm³/mol. The van der Waals surface area contributed by atoms with Crippen molar-refractivity contribution in [1.29, 1.82) is 0 Å². The third-order valence-electron chi connectivity index (χ3n) is 3.71. The third kappa shape index (κ3) is 4.71. The Bertz CT molecular complexity index is 682. The molecule has 0 heterocycles. The molecule has 0 saturated carbocycles. The van der Waals surface area contributed by atoms with Gasteiger partial charge in [0.2, 0.25) is 0 Å². The van der Waals surface area contributed by atoms with Crippen LogP contribution < -0.4 is 26.5 Å². The van der Waals surface area contributed by atoms with Crippen LogP contribution in [0.5, 0.6) is 0 Å². The van der Waals surface area contributed by atoms with Crippen LogP contribution in [0.25, 0.3) is 0 Å². The van der Waals surface area contributed by atoms with Gasteiger partial charge in [0.15, 0.2) is 0 Å². The minimum Gasteiger partial charge on any atom is -0.378 e. The number of anilines is 2. The first-order chi connectivity index (χ1) is 11.9. The lowest BCUT2D eigenvalue weighted by Crippen LogP contribution is -2.37. The summed E-state index contributed by atoms with van der Waals surface area (Å²) in [5.74, 6) is 5.10. The Kier molecular flexibility index (Phi) is 5.97. The molecule has 0 spiro atoms. The standard InChI is InChI=1S/C18H24N6O/c1-23(2)15-9-5-13(6-10-15)17(21-22-18(25)20-19)14-7-11-16(12-8-14)24(3)4/h5-12H,19H2,1-4H3,(H2,20,22,25). The number of nitrogens with two attached hydrogens (primary N) is 1. The van der Waals surface area contributed by atoms with Gasteiger partial charge in [-0.25, -0.2) is 16.1 Å². The summed E-state index contributed by atoms with van der Waals surface area (Å²) in [4.78, 5) is 15.4. The Morgan fingerprint density at radius 2 is 1.24 bits per heavy atom. The molecular formula is C18H24N6O. The number of nitrogens with one attached hydrogen (secondary N) is 2. The van der Waals surface area contributed by atoms with E-state index in [2.05, 4.69) is 10.5 Å². The van der Waals surface area contributed by atoms with Crippen molar-refractivity contribution in [2.24, 2.45) is 10.9 Å². The fourth-order valence-electron chi connectivity index (χ4n) is 2.27. The topological polar surface area (TPSA) is 86.0 Å². The number of amides is 2. The molecule has 0 unspecified atom stereocenters. The Balaban J connectivity index is 2.40. The van der Waals surface area contributed by atoms with E-state index < -0.39 is 6.03 Å². The first kappa shape index (κ1) is 18.3. The molecule has 4 N–H and O–H groups in total. The maximum atomic E-state index is 11.4. The fraction of sp³-hybridized carbons (Fsp3) is 0.222. The number of hydrogen-bond acceptors (Lipinski definition) is 5. The summed E-state index contributed by atoms with van der Waals surface area (Å²) in [6, 6.07) is 15.3. The minimum atomic E-state index is -0.577. The van der Waals surface area contributed by atoms with Gasteiger partial charge in [0.1, 0.15) is 0 Å². The van der Waals surface area contributed by atoms with E-state index in [4.69, 9.17) is 5.84 Å². The van der Waals surface area contributed by atoms with E-state index >= 15 is 0 Å². The average molecular weight is 340 g/mol. The molecule has 0 radical (unpaired) electrons. The zero-order valence-electron chi connectivity index (χ0n) is 14.9. The summed E-state index contributed by atoms with van der Waals surface area (Å²) in [7, 11) is 7.93. The van der Waals surface area contributed by atoms with Crippen LogP contribution in [0.1, 0.15) is 11.1 Å². The molecule has 0 bridgehead atoms. The van der Waals surface area contributed by atoms with E-state index in [0.717, 1.165) is 22.5 Å². The second-order valence-electron chi connectivity index (χ2n) is 5.93. The number of hydrogen-bond donors (Lipinski definition) is 3. The predicted octanol–water partition coefficient (Wildman–Crippen LogP) is 1.74. The van der Waals surface area contributed by atoms with Gasteiger partial charge in [-0.15, -0.1) is 0 Å². The molecule has 0 saturated heterocycles. The number of carbonyl (C=O) groups excluding carboxylic acids is 1. The molecule has 0 fully saturated rings. The molecule has 0 aliphatic carbocycles. The molecule has 2 aromatic rings. The smallest absolute Gasteiger partial charge is 0.349 e. The van der Waals surface area contributed by atoms with E-state index in [1.165, 1.54) is 0 Å². The Morgan fingerprint density at radius 1 is 0.840 bits per heavy atom. The third-order valence-corrected chi connectivity index (χ3v) is 3.71. The lowest BCUT2D eigenvalue weighted by atomic mass is 10.0. The highest BCUT2D eigenvalue weighted by atomic mass is 16.2. The van der Waals surface area contributed by atoms with E-state index in [1.807, 2.05) is 91.9 Å². The van der Waals surface area contributed by atoms with Crippen LogP contribution in [0.3, 0.4) is 0 Å². The number of carbonyl (C=O) groups is 1. The van der Waals surface area contributed by atoms with Crippen LogP contribution in [-0.4, -0.2) is 39.9 Å². The number of rotatable bonds is 5. The van der Waals surface area contributed by atoms with Crippen molar-refractivity contribution < 1.29 is 4.79 Å². The Morgan fingerprint density at radius 3 is 1.56 bits per heavy atom. The minimum absolute atomic E-state index is 0.577. The molecule has 2 aromatic carbocycles. The summed E-state index contributed by atoms with van der Waals surface area (Å²) in [6.07, 6.45) is 0. The second kappa shape index (κ2) is 8.16. The van der Waals surface area contributed by atoms with Gasteiger partial charge in [-0.1, -0.05) is 24.3 Å². The quantitative estimate of drug-likeness (QED) is 0.335. The number of nitrogens with zero attached hydrogens (tertiary/aromatic N) is 3. The van der Waals surface area contributed by atoms with Crippen LogP contribution >= 0.6 is 0 Å². The highest BCUT2D eigenvalue weighted by Gasteiger charge is 2.09. The van der Waals surface area contributed by atoms with Gasteiger partial charge >= 0.3 is 6.03 Å². The van der Waals surface area contributed by atoms with Crippen molar-refractivity contribution in [2.75, 3.05) is 38.0 Å². The summed E-state index contributed by atoms with van der Waals surface area (Å²) in [5.41, 5.74) is 8.99. The van der Waals surface area contributed by atoms with Crippen LogP contribution in [0.4, 0.5) is 16.2 Å². The zero-order chi connectivity index (χ0) is 18.4. The first-order valence-corrected chi connectivity index (χ1v) is 7.82. The maximum Gasteiger partial charge on any atom is 0.349 e. The van der Waals surface area contributed by atoms with Crippen LogP contribution in [0, 0.1) is 0 Å². The fourth-order valence-corrected chi connectivity index (χ4v) is 2.27. The van der Waals surface area contributed by atoms with E-state index in [-0.39, 0.29) is 0 Å². The monoisotopic (exact) mass is 340 g/mol. The number of hydrazone groups is 1. The van der Waals surface area contributed by atoms with Gasteiger partial charge < -0.3 is 9.80 Å². The highest BCUT2D eigenvalue weighted by Crippen LogP contribution is 2.18. The highest BCUT2D eigenvalue weighted by molar-refractivity contribution is 6.13. The van der Waals surface area contributed by atoms with E-state index in [9.17, 15) is 4.79 Å². The number of urea groups is 1. The van der Waals surface area contributed by atoms with Gasteiger partial charge in [-0.3, -0.25) is 5.43 Å². The molecule has 0 aromatic heterocycles. The lowest BCUT2D eigenvalue weighted by molar-refractivity contribution is 0.241. The van der Waals surface area contributed by atoms with Crippen molar-refractivity contribution in [3.63, 3.8) is 0 Å². The molecule has 2 amide bonds. The second-order valence-corrected chi connectivity index (χ2v) is 5.93. The molecule has 0 atom stereocenters. The van der Waals surface area contributed by atoms with Crippen molar-refractivity contribution in [2.45, 2.75) is 0 Å². The molecule has 0 aliphatic rings. The molecule has 0 aliphatic heterocycles. The van der Waals surface area contributed by atoms with E-state index in [0.29, 0.717) is 5.71 Å². The summed E-state index contributed by atoms with van der Waals surface area (Å²) in [5, 5.41) is 4.23. The first-order valence-electron chi connectivity index (χ1n) is 7.82. The summed E-state index contributed by atoms with van der Waals surface area (Å²) < 4.78 is 0. The summed E-state index contributed by atoms with van der Waals surface area (Å²) >= 11 is 0. The van der Waals surface area contributed by atoms with Crippen molar-refractivity contribution in [1.82, 2.24) is 10.9 Å². The van der Waals surface area contributed by atoms with Crippen molar-refractivity contribution in [3.05, 3.63) is 59.7 Å². The number of hydrazine groups is 1. The Labute approximate surface area is 148 Å². The van der Waals surface area contributed by atoms with Crippen LogP contribution in [-0.2, 0) is 0 Å². The molecule has 132 valence electrons. The van der Waals surface area contributed by atoms with Crippen molar-refractivity contribution in [3.8, 4) is 0 Å². The average Bonchev–Trinajstić information content (AvgIpc) is 2.62. The normalized spacial score (nSPS) is 9.96. The summed E-state index contributed by atoms with van der Waals surface area (Å²) in [6.45, 7) is 0. The molecular weight excluding hydrogens is 316 g/mol. The SMILES string of the molecule is CN(C)c1ccc(C(=NNC(=O)NN)c2ccc(N(C)C)cc2)cc1. The van der Waals surface area contributed by atoms with Crippen LogP contribution in [0.15, 0.2) is 53.6 Å². The van der Waals surface area contributed by atoms with Gasteiger partial charge in [0.25, 0.3) is 0 Å². The van der Waals surface area contributed by atoms with Gasteiger partial charge in [-0.2, -0.15) is 5.10 Å². The lowest BCUT2D eigenvalue weighted by Gasteiger charge is -2.15. The van der Waals surface area contributed by atoms with Crippen molar-refractivity contribution >= 4 is 23.1 Å². The largest absolute Gasteiger partial charge is 0.378 e. The van der Waals surface area contributed by atoms with Gasteiger partial charge in [0, 0.05) is 50.7 Å².